The normalized spacial score (nSPS) is 12.0. The van der Waals surface area contributed by atoms with Gasteiger partial charge in [0.15, 0.2) is 5.75 Å². The zero-order valence-electron chi connectivity index (χ0n) is 15.3. The molecule has 3 rings (SSSR count). The van der Waals surface area contributed by atoms with Gasteiger partial charge in [-0.25, -0.2) is 8.42 Å². The summed E-state index contributed by atoms with van der Waals surface area (Å²) in [6.45, 7) is 0.271. The number of aromatic hydroxyl groups is 1. The van der Waals surface area contributed by atoms with Crippen LogP contribution in [-0.4, -0.2) is 24.9 Å². The number of rotatable bonds is 6. The van der Waals surface area contributed by atoms with Crippen LogP contribution in [0.3, 0.4) is 0 Å². The molecule has 0 saturated carbocycles. The van der Waals surface area contributed by atoms with Gasteiger partial charge in [-0.3, -0.25) is 0 Å². The molecule has 0 aliphatic carbocycles. The molecule has 3 aromatic carbocycles. The highest BCUT2D eigenvalue weighted by Gasteiger charge is 2.20. The van der Waals surface area contributed by atoms with E-state index in [1.54, 1.807) is 18.2 Å². The van der Waals surface area contributed by atoms with Crippen LogP contribution < -0.4 is 0 Å². The van der Waals surface area contributed by atoms with Gasteiger partial charge < -0.3 is 5.11 Å². The van der Waals surface area contributed by atoms with E-state index in [-0.39, 0.29) is 22.9 Å². The molecule has 9 heteroatoms. The molecule has 1 N–H and O–H groups in total. The maximum Gasteiger partial charge on any atom is 0.243 e. The molecule has 0 atom stereocenters. The van der Waals surface area contributed by atoms with Crippen molar-refractivity contribution in [2.24, 2.45) is 10.2 Å². The number of nitrogens with zero attached hydrogens (tertiary/aromatic N) is 3. The first kappa shape index (κ1) is 21.4. The SMILES string of the molecule is CN(Cc1ccccc1)S(=O)(=O)c1ccc(N=Nc2cc(Cl)cc(Br)c2O)cc1. The van der Waals surface area contributed by atoms with Gasteiger partial charge in [0.25, 0.3) is 0 Å². The smallest absolute Gasteiger partial charge is 0.243 e. The van der Waals surface area contributed by atoms with Gasteiger partial charge in [-0.05, 0) is 57.9 Å². The topological polar surface area (TPSA) is 82.3 Å². The van der Waals surface area contributed by atoms with E-state index in [1.807, 2.05) is 30.3 Å². The average molecular weight is 495 g/mol. The molecular weight excluding hydrogens is 478 g/mol. The molecule has 29 heavy (non-hydrogen) atoms. The van der Waals surface area contributed by atoms with Crippen molar-refractivity contribution in [3.8, 4) is 5.75 Å². The maximum absolute atomic E-state index is 12.8. The molecule has 0 heterocycles. The molecule has 0 amide bonds. The summed E-state index contributed by atoms with van der Waals surface area (Å²) < 4.78 is 27.2. The summed E-state index contributed by atoms with van der Waals surface area (Å²) in [5.41, 5.74) is 1.53. The molecule has 6 nitrogen and oxygen atoms in total. The molecule has 0 aliphatic heterocycles. The fraction of sp³-hybridized carbons (Fsp3) is 0.100. The number of sulfonamides is 1. The first-order valence-corrected chi connectivity index (χ1v) is 11.1. The molecule has 0 fully saturated rings. The number of phenols is 1. The molecule has 0 radical (unpaired) electrons. The van der Waals surface area contributed by atoms with Gasteiger partial charge in [-0.1, -0.05) is 41.9 Å². The van der Waals surface area contributed by atoms with Gasteiger partial charge in [0.1, 0.15) is 5.69 Å². The van der Waals surface area contributed by atoms with Crippen LogP contribution in [0.25, 0.3) is 0 Å². The second kappa shape index (κ2) is 9.04. The summed E-state index contributed by atoms with van der Waals surface area (Å²) in [7, 11) is -2.10. The Kier molecular flexibility index (Phi) is 6.69. The fourth-order valence-corrected chi connectivity index (χ4v) is 4.48. The van der Waals surface area contributed by atoms with Crippen LogP contribution in [-0.2, 0) is 16.6 Å². The van der Waals surface area contributed by atoms with Gasteiger partial charge in [0.05, 0.1) is 15.1 Å². The van der Waals surface area contributed by atoms with Crippen LogP contribution in [0, 0.1) is 0 Å². The summed E-state index contributed by atoms with van der Waals surface area (Å²) >= 11 is 9.13. The predicted molar refractivity (Wildman–Crippen MR) is 117 cm³/mol. The third kappa shape index (κ3) is 5.22. The third-order valence-electron chi connectivity index (χ3n) is 4.07. The summed E-state index contributed by atoms with van der Waals surface area (Å²) in [5, 5.41) is 18.4. The Balaban J connectivity index is 1.77. The van der Waals surface area contributed by atoms with Crippen LogP contribution >= 0.6 is 27.5 Å². The molecule has 0 unspecified atom stereocenters. The largest absolute Gasteiger partial charge is 0.505 e. The van der Waals surface area contributed by atoms with Crippen molar-refractivity contribution in [3.05, 3.63) is 81.8 Å². The van der Waals surface area contributed by atoms with Gasteiger partial charge in [-0.15, -0.1) is 5.11 Å². The van der Waals surface area contributed by atoms with Gasteiger partial charge in [0.2, 0.25) is 10.0 Å². The van der Waals surface area contributed by atoms with Crippen molar-refractivity contribution < 1.29 is 13.5 Å². The lowest BCUT2D eigenvalue weighted by Crippen LogP contribution is -2.26. The number of benzene rings is 3. The highest BCUT2D eigenvalue weighted by molar-refractivity contribution is 9.10. The standard InChI is InChI=1S/C20H17BrClN3O3S/c1-25(13-14-5-3-2-4-6-14)29(27,28)17-9-7-16(8-10-17)23-24-19-12-15(22)11-18(21)20(19)26/h2-12,26H,13H2,1H3. The monoisotopic (exact) mass is 493 g/mol. The Labute approximate surface area is 182 Å². The number of hydrogen-bond acceptors (Lipinski definition) is 5. The van der Waals surface area contributed by atoms with Crippen LogP contribution in [0.4, 0.5) is 11.4 Å². The summed E-state index contributed by atoms with van der Waals surface area (Å²) in [6.07, 6.45) is 0. The molecule has 0 aromatic heterocycles. The van der Waals surface area contributed by atoms with Gasteiger partial charge in [-0.2, -0.15) is 9.42 Å². The molecule has 0 bridgehead atoms. The maximum atomic E-state index is 12.8. The van der Waals surface area contributed by atoms with Crippen LogP contribution in [0.2, 0.25) is 5.02 Å². The molecule has 3 aromatic rings. The minimum absolute atomic E-state index is 0.0834. The average Bonchev–Trinajstić information content (AvgIpc) is 2.70. The minimum Gasteiger partial charge on any atom is -0.505 e. The van der Waals surface area contributed by atoms with Crippen LogP contribution in [0.15, 0.2) is 86.3 Å². The van der Waals surface area contributed by atoms with Crippen molar-refractivity contribution in [2.75, 3.05) is 7.05 Å². The first-order chi connectivity index (χ1) is 13.8. The van der Waals surface area contributed by atoms with E-state index >= 15 is 0 Å². The van der Waals surface area contributed by atoms with E-state index in [0.29, 0.717) is 15.2 Å². The number of halogens is 2. The second-order valence-corrected chi connectivity index (χ2v) is 9.53. The highest BCUT2D eigenvalue weighted by Crippen LogP contribution is 2.38. The van der Waals surface area contributed by atoms with Crippen molar-refractivity contribution in [2.45, 2.75) is 11.4 Å². The Morgan fingerprint density at radius 2 is 1.69 bits per heavy atom. The lowest BCUT2D eigenvalue weighted by molar-refractivity contribution is 0.466. The van der Waals surface area contributed by atoms with E-state index < -0.39 is 10.0 Å². The Morgan fingerprint density at radius 3 is 2.34 bits per heavy atom. The lowest BCUT2D eigenvalue weighted by atomic mass is 10.2. The quantitative estimate of drug-likeness (QED) is 0.424. The third-order valence-corrected chi connectivity index (χ3v) is 6.71. The summed E-state index contributed by atoms with van der Waals surface area (Å²) in [6, 6.07) is 18.4. The Morgan fingerprint density at radius 1 is 1.03 bits per heavy atom. The number of hydrogen-bond donors (Lipinski definition) is 1. The molecule has 0 saturated heterocycles. The molecule has 0 aliphatic rings. The Hall–Kier alpha value is -2.26. The fourth-order valence-electron chi connectivity index (χ4n) is 2.53. The van der Waals surface area contributed by atoms with Crippen molar-refractivity contribution in [1.29, 1.82) is 0 Å². The van der Waals surface area contributed by atoms with E-state index in [4.69, 9.17) is 11.6 Å². The zero-order valence-corrected chi connectivity index (χ0v) is 18.5. The minimum atomic E-state index is -3.64. The molecule has 150 valence electrons. The summed E-state index contributed by atoms with van der Waals surface area (Å²) in [4.78, 5) is 0.156. The number of azo groups is 1. The van der Waals surface area contributed by atoms with Crippen LogP contribution in [0.1, 0.15) is 5.56 Å². The first-order valence-electron chi connectivity index (χ1n) is 8.47. The second-order valence-electron chi connectivity index (χ2n) is 6.20. The lowest BCUT2D eigenvalue weighted by Gasteiger charge is -2.17. The van der Waals surface area contributed by atoms with Crippen molar-refractivity contribution >= 4 is 48.9 Å². The van der Waals surface area contributed by atoms with Crippen molar-refractivity contribution in [3.63, 3.8) is 0 Å². The van der Waals surface area contributed by atoms with E-state index in [0.717, 1.165) is 5.56 Å². The van der Waals surface area contributed by atoms with Gasteiger partial charge in [0, 0.05) is 18.6 Å². The van der Waals surface area contributed by atoms with E-state index in [9.17, 15) is 13.5 Å². The molecular formula is C20H17BrClN3O3S. The highest BCUT2D eigenvalue weighted by atomic mass is 79.9. The van der Waals surface area contributed by atoms with Crippen molar-refractivity contribution in [1.82, 2.24) is 4.31 Å². The van der Waals surface area contributed by atoms with Crippen LogP contribution in [0.5, 0.6) is 5.75 Å². The van der Waals surface area contributed by atoms with E-state index in [1.165, 1.54) is 29.6 Å². The Bertz CT molecular complexity index is 1140. The van der Waals surface area contributed by atoms with E-state index in [2.05, 4.69) is 26.2 Å². The predicted octanol–water partition coefficient (Wildman–Crippen LogP) is 6.04. The zero-order chi connectivity index (χ0) is 21.0. The number of phenolic OH excluding ortho intramolecular Hbond substituents is 1. The van der Waals surface area contributed by atoms with Gasteiger partial charge >= 0.3 is 0 Å². The summed E-state index contributed by atoms with van der Waals surface area (Å²) in [5.74, 6) is -0.0834. The molecule has 0 spiro atoms.